The van der Waals surface area contributed by atoms with E-state index in [1.165, 1.54) is 14.5 Å². The molecular formula is C10H10IN. The Bertz CT molecular complexity index is 403. The maximum absolute atomic E-state index is 2.35. The van der Waals surface area contributed by atoms with E-state index in [0.29, 0.717) is 0 Å². The molecule has 0 aliphatic carbocycles. The molecule has 1 aromatic heterocycles. The number of hydrogen-bond donors (Lipinski definition) is 0. The Balaban J connectivity index is 2.75. The average molecular weight is 271 g/mol. The van der Waals surface area contributed by atoms with Crippen molar-refractivity contribution in [2.75, 3.05) is 0 Å². The smallest absolute Gasteiger partial charge is 0.0490 e. The summed E-state index contributed by atoms with van der Waals surface area (Å²) in [5.74, 6) is 0. The molecule has 0 saturated heterocycles. The van der Waals surface area contributed by atoms with E-state index in [1.54, 1.807) is 0 Å². The molecule has 12 heavy (non-hydrogen) atoms. The van der Waals surface area contributed by atoms with E-state index in [1.807, 2.05) is 0 Å². The van der Waals surface area contributed by atoms with E-state index in [4.69, 9.17) is 0 Å². The van der Waals surface area contributed by atoms with Gasteiger partial charge in [-0.2, -0.15) is 0 Å². The fourth-order valence-electron chi connectivity index (χ4n) is 1.43. The summed E-state index contributed by atoms with van der Waals surface area (Å²) in [7, 11) is 0. The lowest BCUT2D eigenvalue weighted by Gasteiger charge is -1.99. The molecule has 0 amide bonds. The quantitative estimate of drug-likeness (QED) is 0.701. The van der Waals surface area contributed by atoms with Gasteiger partial charge in [0.25, 0.3) is 0 Å². The highest BCUT2D eigenvalue weighted by Crippen LogP contribution is 2.18. The van der Waals surface area contributed by atoms with Gasteiger partial charge in [-0.05, 0) is 53.1 Å². The molecular weight excluding hydrogens is 261 g/mol. The van der Waals surface area contributed by atoms with Gasteiger partial charge in [-0.15, -0.1) is 0 Å². The molecule has 62 valence electrons. The van der Waals surface area contributed by atoms with Crippen LogP contribution in [0.3, 0.4) is 0 Å². The number of hydrogen-bond acceptors (Lipinski definition) is 0. The number of halogens is 1. The second kappa shape index (κ2) is 3.09. The molecule has 2 heteroatoms. The Hall–Kier alpha value is -0.510. The zero-order valence-electron chi connectivity index (χ0n) is 6.92. The number of fused-ring (bicyclic) bond motifs is 1. The van der Waals surface area contributed by atoms with Crippen LogP contribution in [0.25, 0.3) is 10.9 Å². The third-order valence-electron chi connectivity index (χ3n) is 2.08. The molecule has 0 atom stereocenters. The Morgan fingerprint density at radius 1 is 1.33 bits per heavy atom. The molecule has 2 rings (SSSR count). The van der Waals surface area contributed by atoms with Crippen molar-refractivity contribution < 1.29 is 0 Å². The van der Waals surface area contributed by atoms with E-state index in [0.717, 1.165) is 6.54 Å². The van der Waals surface area contributed by atoms with Crippen LogP contribution in [0.4, 0.5) is 0 Å². The predicted octanol–water partition coefficient (Wildman–Crippen LogP) is 3.27. The Morgan fingerprint density at radius 2 is 2.17 bits per heavy atom. The lowest BCUT2D eigenvalue weighted by Crippen LogP contribution is -1.90. The van der Waals surface area contributed by atoms with E-state index < -0.39 is 0 Å². The molecule has 1 nitrogen and oxygen atoms in total. The highest BCUT2D eigenvalue weighted by molar-refractivity contribution is 14.1. The number of benzene rings is 1. The monoisotopic (exact) mass is 271 g/mol. The Labute approximate surface area is 85.5 Å². The molecule has 0 aliphatic heterocycles. The zero-order valence-corrected chi connectivity index (χ0v) is 9.08. The summed E-state index contributed by atoms with van der Waals surface area (Å²) in [5.41, 5.74) is 1.34. The van der Waals surface area contributed by atoms with Gasteiger partial charge in [0.1, 0.15) is 0 Å². The molecule has 1 heterocycles. The minimum absolute atomic E-state index is 1.05. The van der Waals surface area contributed by atoms with Gasteiger partial charge in [0.2, 0.25) is 0 Å². The Morgan fingerprint density at radius 3 is 2.92 bits per heavy atom. The van der Waals surface area contributed by atoms with Gasteiger partial charge in [0.15, 0.2) is 0 Å². The largest absolute Gasteiger partial charge is 0.348 e. The molecule has 1 aromatic carbocycles. The molecule has 0 radical (unpaired) electrons. The highest BCUT2D eigenvalue weighted by atomic mass is 127. The molecule has 0 unspecified atom stereocenters. The third kappa shape index (κ3) is 1.24. The van der Waals surface area contributed by atoms with Gasteiger partial charge < -0.3 is 4.57 Å². The van der Waals surface area contributed by atoms with Crippen molar-refractivity contribution in [1.82, 2.24) is 4.57 Å². The average Bonchev–Trinajstić information content (AvgIpc) is 2.46. The van der Waals surface area contributed by atoms with Gasteiger partial charge in [0, 0.05) is 21.8 Å². The third-order valence-corrected chi connectivity index (χ3v) is 2.75. The number of rotatable bonds is 1. The lowest BCUT2D eigenvalue weighted by molar-refractivity contribution is 0.797. The summed E-state index contributed by atoms with van der Waals surface area (Å²) >= 11 is 2.35. The van der Waals surface area contributed by atoms with Crippen LogP contribution in [0.5, 0.6) is 0 Å². The standard InChI is InChI=1S/C10H10IN/c1-2-12-6-5-8-3-4-9(11)7-10(8)12/h3-7H,2H2,1H3. The minimum Gasteiger partial charge on any atom is -0.348 e. The first-order chi connectivity index (χ1) is 5.81. The topological polar surface area (TPSA) is 4.93 Å². The molecule has 2 aromatic rings. The van der Waals surface area contributed by atoms with Gasteiger partial charge in [-0.25, -0.2) is 0 Å². The van der Waals surface area contributed by atoms with Gasteiger partial charge >= 0.3 is 0 Å². The SMILES string of the molecule is CCn1ccc2ccc(I)cc21. The number of aromatic nitrogens is 1. The van der Waals surface area contributed by atoms with Gasteiger partial charge in [0.05, 0.1) is 0 Å². The van der Waals surface area contributed by atoms with Crippen LogP contribution in [0, 0.1) is 3.57 Å². The first-order valence-corrected chi connectivity index (χ1v) is 5.13. The summed E-state index contributed by atoms with van der Waals surface area (Å²) in [6, 6.07) is 8.69. The van der Waals surface area contributed by atoms with Crippen LogP contribution < -0.4 is 0 Å². The van der Waals surface area contributed by atoms with Crippen molar-refractivity contribution in [2.45, 2.75) is 13.5 Å². The molecule has 0 saturated carbocycles. The Kier molecular flexibility index (Phi) is 2.09. The summed E-state index contributed by atoms with van der Waals surface area (Å²) < 4.78 is 3.56. The van der Waals surface area contributed by atoms with Crippen molar-refractivity contribution >= 4 is 33.5 Å². The maximum atomic E-state index is 2.35. The summed E-state index contributed by atoms with van der Waals surface area (Å²) in [6.07, 6.45) is 2.14. The van der Waals surface area contributed by atoms with E-state index >= 15 is 0 Å². The van der Waals surface area contributed by atoms with Crippen LogP contribution in [0.1, 0.15) is 6.92 Å². The normalized spacial score (nSPS) is 10.8. The molecule has 0 fully saturated rings. The number of nitrogens with zero attached hydrogens (tertiary/aromatic N) is 1. The van der Waals surface area contributed by atoms with Crippen LogP contribution in [-0.4, -0.2) is 4.57 Å². The first-order valence-electron chi connectivity index (χ1n) is 4.05. The van der Waals surface area contributed by atoms with Gasteiger partial charge in [-0.1, -0.05) is 6.07 Å². The van der Waals surface area contributed by atoms with Crippen molar-refractivity contribution in [2.24, 2.45) is 0 Å². The summed E-state index contributed by atoms with van der Waals surface area (Å²) in [6.45, 7) is 3.21. The summed E-state index contributed by atoms with van der Waals surface area (Å²) in [4.78, 5) is 0. The minimum atomic E-state index is 1.05. The fourth-order valence-corrected chi connectivity index (χ4v) is 1.91. The zero-order chi connectivity index (χ0) is 8.55. The first kappa shape index (κ1) is 8.10. The second-order valence-corrected chi connectivity index (χ2v) is 4.05. The molecule has 0 N–H and O–H groups in total. The maximum Gasteiger partial charge on any atom is 0.0490 e. The predicted molar refractivity (Wildman–Crippen MR) is 60.3 cm³/mol. The van der Waals surface area contributed by atoms with E-state index in [2.05, 4.69) is 64.5 Å². The van der Waals surface area contributed by atoms with Crippen LogP contribution >= 0.6 is 22.6 Å². The number of aryl methyl sites for hydroxylation is 1. The van der Waals surface area contributed by atoms with Crippen molar-refractivity contribution in [1.29, 1.82) is 0 Å². The van der Waals surface area contributed by atoms with Crippen molar-refractivity contribution in [3.63, 3.8) is 0 Å². The summed E-state index contributed by atoms with van der Waals surface area (Å²) in [5, 5.41) is 1.33. The molecule has 0 spiro atoms. The lowest BCUT2D eigenvalue weighted by atomic mass is 10.2. The van der Waals surface area contributed by atoms with Crippen molar-refractivity contribution in [3.8, 4) is 0 Å². The van der Waals surface area contributed by atoms with E-state index in [9.17, 15) is 0 Å². The molecule has 0 aliphatic rings. The van der Waals surface area contributed by atoms with Crippen LogP contribution in [0.2, 0.25) is 0 Å². The van der Waals surface area contributed by atoms with Crippen LogP contribution in [0.15, 0.2) is 30.5 Å². The van der Waals surface area contributed by atoms with Crippen molar-refractivity contribution in [3.05, 3.63) is 34.0 Å². The van der Waals surface area contributed by atoms with Crippen LogP contribution in [-0.2, 0) is 6.54 Å². The second-order valence-electron chi connectivity index (χ2n) is 2.80. The highest BCUT2D eigenvalue weighted by Gasteiger charge is 1.98. The fraction of sp³-hybridized carbons (Fsp3) is 0.200. The van der Waals surface area contributed by atoms with Gasteiger partial charge in [-0.3, -0.25) is 0 Å². The van der Waals surface area contributed by atoms with E-state index in [-0.39, 0.29) is 0 Å². The molecule has 0 bridgehead atoms.